The van der Waals surface area contributed by atoms with Gasteiger partial charge in [0.05, 0.1) is 6.04 Å². The minimum Gasteiger partial charge on any atom is -0.342 e. The van der Waals surface area contributed by atoms with Crippen LogP contribution < -0.4 is 16.0 Å². The largest absolute Gasteiger partial charge is 0.342 e. The van der Waals surface area contributed by atoms with Crippen molar-refractivity contribution in [3.05, 3.63) is 35.9 Å². The first kappa shape index (κ1) is 17.3. The molecule has 0 unspecified atom stereocenters. The monoisotopic (exact) mass is 344 g/mol. The average molecular weight is 344 g/mol. The maximum atomic E-state index is 12.7. The number of piperazine rings is 1. The van der Waals surface area contributed by atoms with Crippen molar-refractivity contribution in [2.45, 2.75) is 50.9 Å². The number of amides is 4. The first-order chi connectivity index (χ1) is 12.0. The highest BCUT2D eigenvalue weighted by Crippen LogP contribution is 2.24. The summed E-state index contributed by atoms with van der Waals surface area (Å²) in [5.41, 5.74) is 1.00. The molecule has 3 N–H and O–H groups in total. The summed E-state index contributed by atoms with van der Waals surface area (Å²) in [4.78, 5) is 38.8. The molecule has 7 heteroatoms. The first-order valence-electron chi connectivity index (χ1n) is 8.67. The Balaban J connectivity index is 1.66. The van der Waals surface area contributed by atoms with E-state index in [1.165, 1.54) is 0 Å². The van der Waals surface area contributed by atoms with Gasteiger partial charge < -0.3 is 20.9 Å². The molecule has 0 bridgehead atoms. The van der Waals surface area contributed by atoms with E-state index in [0.29, 0.717) is 19.4 Å². The van der Waals surface area contributed by atoms with Gasteiger partial charge in [-0.05, 0) is 25.8 Å². The van der Waals surface area contributed by atoms with Gasteiger partial charge in [0.2, 0.25) is 11.8 Å². The quantitative estimate of drug-likeness (QED) is 0.739. The molecule has 4 amide bonds. The molecular weight excluding hydrogens is 320 g/mol. The van der Waals surface area contributed by atoms with Crippen LogP contribution in [0, 0.1) is 0 Å². The smallest absolute Gasteiger partial charge is 0.315 e. The van der Waals surface area contributed by atoms with E-state index in [2.05, 4.69) is 16.0 Å². The van der Waals surface area contributed by atoms with Gasteiger partial charge in [-0.15, -0.1) is 0 Å². The highest BCUT2D eigenvalue weighted by molar-refractivity contribution is 5.98. The van der Waals surface area contributed by atoms with Crippen LogP contribution in [0.15, 0.2) is 30.3 Å². The number of hydrogen-bond donors (Lipinski definition) is 3. The molecule has 0 aliphatic carbocycles. The summed E-state index contributed by atoms with van der Waals surface area (Å²) in [5.74, 6) is -0.283. The van der Waals surface area contributed by atoms with Gasteiger partial charge >= 0.3 is 6.03 Å². The van der Waals surface area contributed by atoms with E-state index in [1.54, 1.807) is 4.90 Å². The Hall–Kier alpha value is -2.57. The second-order valence-electron chi connectivity index (χ2n) is 6.90. The molecule has 0 spiro atoms. The number of urea groups is 1. The van der Waals surface area contributed by atoms with Crippen LogP contribution in [-0.2, 0) is 16.0 Å². The highest BCUT2D eigenvalue weighted by atomic mass is 16.2. The topological polar surface area (TPSA) is 90.5 Å². The number of carbonyl (C=O) groups excluding carboxylic acids is 3. The number of carbonyl (C=O) groups is 3. The molecular formula is C18H24N4O3. The van der Waals surface area contributed by atoms with Crippen LogP contribution in [-0.4, -0.2) is 53.5 Å². The molecule has 3 rings (SSSR count). The minimum absolute atomic E-state index is 0.00886. The van der Waals surface area contributed by atoms with Crippen molar-refractivity contribution in [1.29, 1.82) is 0 Å². The van der Waals surface area contributed by atoms with Gasteiger partial charge in [-0.3, -0.25) is 9.59 Å². The van der Waals surface area contributed by atoms with E-state index in [0.717, 1.165) is 5.56 Å². The minimum atomic E-state index is -0.627. The molecule has 2 aliphatic rings. The van der Waals surface area contributed by atoms with Crippen LogP contribution in [0.3, 0.4) is 0 Å². The number of nitrogens with one attached hydrogen (secondary N) is 3. The van der Waals surface area contributed by atoms with Crippen molar-refractivity contribution in [1.82, 2.24) is 20.9 Å². The molecule has 134 valence electrons. The van der Waals surface area contributed by atoms with Gasteiger partial charge in [-0.2, -0.15) is 0 Å². The summed E-state index contributed by atoms with van der Waals surface area (Å²) in [5, 5.41) is 8.40. The van der Waals surface area contributed by atoms with Gasteiger partial charge in [0.15, 0.2) is 0 Å². The van der Waals surface area contributed by atoms with Crippen molar-refractivity contribution < 1.29 is 14.4 Å². The van der Waals surface area contributed by atoms with E-state index in [4.69, 9.17) is 0 Å². The van der Waals surface area contributed by atoms with Crippen LogP contribution in [0.5, 0.6) is 0 Å². The summed E-state index contributed by atoms with van der Waals surface area (Å²) in [6, 6.07) is 7.79. The molecule has 2 saturated heterocycles. The number of benzene rings is 1. The normalized spacial score (nSPS) is 25.6. The van der Waals surface area contributed by atoms with Crippen LogP contribution in [0.25, 0.3) is 0 Å². The lowest BCUT2D eigenvalue weighted by Crippen LogP contribution is -2.65. The van der Waals surface area contributed by atoms with Crippen LogP contribution in [0.2, 0.25) is 0 Å². The Morgan fingerprint density at radius 1 is 1.28 bits per heavy atom. The summed E-state index contributed by atoms with van der Waals surface area (Å²) < 4.78 is 0. The summed E-state index contributed by atoms with van der Waals surface area (Å²) in [6.45, 7) is 4.21. The molecule has 2 fully saturated rings. The fraction of sp³-hybridized carbons (Fsp3) is 0.500. The molecule has 1 aromatic rings. The van der Waals surface area contributed by atoms with E-state index in [1.807, 2.05) is 44.2 Å². The molecule has 0 radical (unpaired) electrons. The number of rotatable bonds is 4. The predicted octanol–water partition coefficient (Wildman–Crippen LogP) is 0.405. The van der Waals surface area contributed by atoms with Gasteiger partial charge in [0.25, 0.3) is 0 Å². The predicted molar refractivity (Wildman–Crippen MR) is 92.8 cm³/mol. The summed E-state index contributed by atoms with van der Waals surface area (Å²) in [6.07, 6.45) is 1.05. The summed E-state index contributed by atoms with van der Waals surface area (Å²) in [7, 11) is 0. The molecule has 2 heterocycles. The molecule has 3 atom stereocenters. The number of nitrogens with zero attached hydrogens (tertiary/aromatic N) is 1. The lowest BCUT2D eigenvalue weighted by Gasteiger charge is -2.36. The highest BCUT2D eigenvalue weighted by Gasteiger charge is 2.48. The van der Waals surface area contributed by atoms with Crippen molar-refractivity contribution in [3.63, 3.8) is 0 Å². The van der Waals surface area contributed by atoms with E-state index in [9.17, 15) is 14.4 Å². The van der Waals surface area contributed by atoms with Crippen molar-refractivity contribution in [2.24, 2.45) is 0 Å². The Morgan fingerprint density at radius 2 is 2.00 bits per heavy atom. The van der Waals surface area contributed by atoms with E-state index >= 15 is 0 Å². The Morgan fingerprint density at radius 3 is 2.68 bits per heavy atom. The first-order valence-corrected chi connectivity index (χ1v) is 8.67. The van der Waals surface area contributed by atoms with E-state index in [-0.39, 0.29) is 29.9 Å². The zero-order chi connectivity index (χ0) is 18.0. The Bertz CT molecular complexity index is 662. The SMILES string of the molecule is CC(C)NC(=O)N[C@H]1CCN2C(=O)[C@@H](Cc3ccccc3)NC(=O)[C@H]12. The average Bonchev–Trinajstić information content (AvgIpc) is 2.97. The second-order valence-corrected chi connectivity index (χ2v) is 6.90. The molecule has 7 nitrogen and oxygen atoms in total. The van der Waals surface area contributed by atoms with Crippen LogP contribution in [0.4, 0.5) is 4.79 Å². The Kier molecular flexibility index (Phi) is 4.92. The van der Waals surface area contributed by atoms with Gasteiger partial charge in [-0.1, -0.05) is 30.3 Å². The molecule has 2 aliphatic heterocycles. The third-order valence-electron chi connectivity index (χ3n) is 4.58. The van der Waals surface area contributed by atoms with Crippen molar-refractivity contribution >= 4 is 17.8 Å². The molecule has 25 heavy (non-hydrogen) atoms. The maximum absolute atomic E-state index is 12.7. The zero-order valence-electron chi connectivity index (χ0n) is 14.5. The maximum Gasteiger partial charge on any atom is 0.315 e. The molecule has 0 saturated carbocycles. The van der Waals surface area contributed by atoms with Gasteiger partial charge in [-0.25, -0.2) is 4.79 Å². The third-order valence-corrected chi connectivity index (χ3v) is 4.58. The van der Waals surface area contributed by atoms with Gasteiger partial charge in [0, 0.05) is 19.0 Å². The molecule has 0 aromatic heterocycles. The number of hydrogen-bond acceptors (Lipinski definition) is 3. The van der Waals surface area contributed by atoms with E-state index < -0.39 is 12.1 Å². The van der Waals surface area contributed by atoms with Crippen LogP contribution >= 0.6 is 0 Å². The molecule has 1 aromatic carbocycles. The summed E-state index contributed by atoms with van der Waals surface area (Å²) >= 11 is 0. The zero-order valence-corrected chi connectivity index (χ0v) is 14.5. The number of fused-ring (bicyclic) bond motifs is 1. The lowest BCUT2D eigenvalue weighted by atomic mass is 9.99. The van der Waals surface area contributed by atoms with Crippen molar-refractivity contribution in [2.75, 3.05) is 6.54 Å². The van der Waals surface area contributed by atoms with Gasteiger partial charge in [0.1, 0.15) is 12.1 Å². The third kappa shape index (κ3) is 3.75. The van der Waals surface area contributed by atoms with Crippen molar-refractivity contribution in [3.8, 4) is 0 Å². The Labute approximate surface area is 147 Å². The lowest BCUT2D eigenvalue weighted by molar-refractivity contribution is -0.147. The standard InChI is InChI=1S/C18H24N4O3/c1-11(2)19-18(25)21-13-8-9-22-15(13)16(23)20-14(17(22)24)10-12-6-4-3-5-7-12/h3-7,11,13-15H,8-10H2,1-2H3,(H,20,23)(H2,19,21,25)/t13-,14+,15-/m0/s1. The fourth-order valence-corrected chi connectivity index (χ4v) is 3.49. The fourth-order valence-electron chi connectivity index (χ4n) is 3.49. The second kappa shape index (κ2) is 7.13. The van der Waals surface area contributed by atoms with Crippen LogP contribution in [0.1, 0.15) is 25.8 Å².